The number of phenolic OH excluding ortho intramolecular Hbond substituents is 1. The first kappa shape index (κ1) is 12.9. The SMILES string of the molecule is O=CC(=CNc1ccccc1O)c1nc2ccccc2o1. The van der Waals surface area contributed by atoms with Crippen molar-refractivity contribution in [2.24, 2.45) is 0 Å². The number of allylic oxidation sites excluding steroid dienone is 1. The van der Waals surface area contributed by atoms with Crippen LogP contribution in [0, 0.1) is 0 Å². The first-order valence-corrected chi connectivity index (χ1v) is 6.34. The largest absolute Gasteiger partial charge is 0.506 e. The van der Waals surface area contributed by atoms with Gasteiger partial charge in [-0.05, 0) is 24.3 Å². The van der Waals surface area contributed by atoms with Crippen LogP contribution >= 0.6 is 0 Å². The Kier molecular flexibility index (Phi) is 3.39. The molecule has 0 saturated heterocycles. The number of phenols is 1. The fourth-order valence-electron chi connectivity index (χ4n) is 1.89. The van der Waals surface area contributed by atoms with E-state index in [1.165, 1.54) is 6.20 Å². The van der Waals surface area contributed by atoms with Crippen molar-refractivity contribution in [3.05, 3.63) is 60.6 Å². The van der Waals surface area contributed by atoms with Crippen LogP contribution in [-0.4, -0.2) is 16.4 Å². The standard InChI is InChI=1S/C16H12N2O3/c19-10-11(9-17-12-5-1-3-7-14(12)20)16-18-13-6-2-4-8-15(13)21-16/h1-10,17,20H. The van der Waals surface area contributed by atoms with Gasteiger partial charge in [-0.3, -0.25) is 4.79 Å². The quantitative estimate of drug-likeness (QED) is 0.436. The average molecular weight is 280 g/mol. The number of aromatic nitrogens is 1. The maximum absolute atomic E-state index is 11.2. The number of rotatable bonds is 4. The second-order valence-electron chi connectivity index (χ2n) is 4.37. The van der Waals surface area contributed by atoms with Gasteiger partial charge >= 0.3 is 0 Å². The van der Waals surface area contributed by atoms with Crippen LogP contribution in [-0.2, 0) is 4.79 Å². The molecule has 3 aromatic rings. The van der Waals surface area contributed by atoms with E-state index in [2.05, 4.69) is 10.3 Å². The van der Waals surface area contributed by atoms with E-state index in [0.717, 1.165) is 0 Å². The monoisotopic (exact) mass is 280 g/mol. The first-order valence-electron chi connectivity index (χ1n) is 6.34. The van der Waals surface area contributed by atoms with Crippen LogP contribution in [0.2, 0.25) is 0 Å². The Labute approximate surface area is 120 Å². The van der Waals surface area contributed by atoms with Crippen molar-refractivity contribution in [3.8, 4) is 5.75 Å². The predicted molar refractivity (Wildman–Crippen MR) is 79.8 cm³/mol. The number of fused-ring (bicyclic) bond motifs is 1. The lowest BCUT2D eigenvalue weighted by Crippen LogP contribution is -1.93. The number of para-hydroxylation sites is 4. The molecule has 0 atom stereocenters. The zero-order chi connectivity index (χ0) is 14.7. The third-order valence-electron chi connectivity index (χ3n) is 2.96. The van der Waals surface area contributed by atoms with Crippen molar-refractivity contribution < 1.29 is 14.3 Å². The molecule has 1 aromatic heterocycles. The van der Waals surface area contributed by atoms with Gasteiger partial charge < -0.3 is 14.8 Å². The molecule has 0 aliphatic carbocycles. The smallest absolute Gasteiger partial charge is 0.232 e. The summed E-state index contributed by atoms with van der Waals surface area (Å²) in [4.78, 5) is 15.5. The van der Waals surface area contributed by atoms with Gasteiger partial charge in [0, 0.05) is 6.20 Å². The molecule has 1 heterocycles. The van der Waals surface area contributed by atoms with Crippen LogP contribution in [0.5, 0.6) is 5.75 Å². The molecule has 104 valence electrons. The van der Waals surface area contributed by atoms with Crippen molar-refractivity contribution >= 4 is 28.6 Å². The number of nitrogens with one attached hydrogen (secondary N) is 1. The summed E-state index contributed by atoms with van der Waals surface area (Å²) in [5.41, 5.74) is 2.05. The van der Waals surface area contributed by atoms with E-state index in [1.54, 1.807) is 36.4 Å². The Bertz CT molecular complexity index is 788. The Morgan fingerprint density at radius 1 is 1.14 bits per heavy atom. The van der Waals surface area contributed by atoms with Crippen LogP contribution < -0.4 is 5.32 Å². The summed E-state index contributed by atoms with van der Waals surface area (Å²) >= 11 is 0. The number of carbonyl (C=O) groups excluding carboxylic acids is 1. The van der Waals surface area contributed by atoms with Gasteiger partial charge in [-0.1, -0.05) is 24.3 Å². The molecule has 0 bridgehead atoms. The van der Waals surface area contributed by atoms with E-state index < -0.39 is 0 Å². The normalized spacial score (nSPS) is 11.5. The minimum atomic E-state index is 0.0940. The molecular formula is C16H12N2O3. The molecule has 0 amide bonds. The van der Waals surface area contributed by atoms with Gasteiger partial charge in [0.05, 0.1) is 11.3 Å². The molecule has 2 N–H and O–H groups in total. The zero-order valence-corrected chi connectivity index (χ0v) is 11.0. The summed E-state index contributed by atoms with van der Waals surface area (Å²) in [5, 5.41) is 12.5. The lowest BCUT2D eigenvalue weighted by Gasteiger charge is -2.03. The molecular weight excluding hydrogens is 268 g/mol. The number of benzene rings is 2. The van der Waals surface area contributed by atoms with Crippen molar-refractivity contribution in [1.82, 2.24) is 4.98 Å². The number of carbonyl (C=O) groups is 1. The number of hydrogen-bond acceptors (Lipinski definition) is 5. The summed E-state index contributed by atoms with van der Waals surface area (Å²) in [6, 6.07) is 14.0. The molecule has 0 radical (unpaired) electrons. The molecule has 0 spiro atoms. The van der Waals surface area contributed by atoms with Crippen molar-refractivity contribution in [2.75, 3.05) is 5.32 Å². The third-order valence-corrected chi connectivity index (χ3v) is 2.96. The van der Waals surface area contributed by atoms with E-state index in [0.29, 0.717) is 23.1 Å². The minimum Gasteiger partial charge on any atom is -0.506 e. The number of hydrogen-bond donors (Lipinski definition) is 2. The second-order valence-corrected chi connectivity index (χ2v) is 4.37. The lowest BCUT2D eigenvalue weighted by molar-refractivity contribution is -0.103. The minimum absolute atomic E-state index is 0.0940. The van der Waals surface area contributed by atoms with Crippen LogP contribution in [0.25, 0.3) is 16.7 Å². The molecule has 0 aliphatic rings. The highest BCUT2D eigenvalue weighted by Gasteiger charge is 2.10. The molecule has 5 heteroatoms. The van der Waals surface area contributed by atoms with E-state index >= 15 is 0 Å². The summed E-state index contributed by atoms with van der Waals surface area (Å²) in [6.45, 7) is 0. The molecule has 0 saturated carbocycles. The van der Waals surface area contributed by atoms with Gasteiger partial charge in [0.25, 0.3) is 0 Å². The lowest BCUT2D eigenvalue weighted by atomic mass is 10.3. The molecule has 0 unspecified atom stereocenters. The second kappa shape index (κ2) is 5.50. The van der Waals surface area contributed by atoms with Crippen LogP contribution in [0.1, 0.15) is 5.89 Å². The van der Waals surface area contributed by atoms with Gasteiger partial charge in [-0.25, -0.2) is 4.98 Å². The number of aromatic hydroxyl groups is 1. The molecule has 3 rings (SSSR count). The van der Waals surface area contributed by atoms with Gasteiger partial charge in [0.1, 0.15) is 11.3 Å². The van der Waals surface area contributed by atoms with Gasteiger partial charge in [0.2, 0.25) is 5.89 Å². The number of nitrogens with zero attached hydrogens (tertiary/aromatic N) is 1. The van der Waals surface area contributed by atoms with E-state index in [4.69, 9.17) is 4.42 Å². The van der Waals surface area contributed by atoms with Gasteiger partial charge in [-0.2, -0.15) is 0 Å². The van der Waals surface area contributed by atoms with Crippen molar-refractivity contribution in [3.63, 3.8) is 0 Å². The maximum Gasteiger partial charge on any atom is 0.232 e. The fraction of sp³-hybridized carbons (Fsp3) is 0. The van der Waals surface area contributed by atoms with E-state index in [1.807, 2.05) is 12.1 Å². The zero-order valence-electron chi connectivity index (χ0n) is 11.0. The van der Waals surface area contributed by atoms with E-state index in [9.17, 15) is 9.90 Å². The average Bonchev–Trinajstić information content (AvgIpc) is 2.93. The van der Waals surface area contributed by atoms with Crippen LogP contribution in [0.4, 0.5) is 5.69 Å². The van der Waals surface area contributed by atoms with Gasteiger partial charge in [0.15, 0.2) is 11.9 Å². The predicted octanol–water partition coefficient (Wildman–Crippen LogP) is 3.19. The van der Waals surface area contributed by atoms with E-state index in [-0.39, 0.29) is 17.2 Å². The molecule has 0 fully saturated rings. The Balaban J connectivity index is 1.92. The molecule has 2 aromatic carbocycles. The summed E-state index contributed by atoms with van der Waals surface area (Å²) < 4.78 is 5.53. The highest BCUT2D eigenvalue weighted by atomic mass is 16.3. The first-order chi connectivity index (χ1) is 10.3. The number of aldehydes is 1. The summed E-state index contributed by atoms with van der Waals surface area (Å²) in [7, 11) is 0. The fourth-order valence-corrected chi connectivity index (χ4v) is 1.89. The number of oxazole rings is 1. The third kappa shape index (κ3) is 2.62. The Morgan fingerprint density at radius 3 is 2.67 bits per heavy atom. The Morgan fingerprint density at radius 2 is 1.90 bits per heavy atom. The summed E-state index contributed by atoms with van der Waals surface area (Å²) in [5.74, 6) is 0.325. The Hall–Kier alpha value is -3.08. The van der Waals surface area contributed by atoms with Crippen LogP contribution in [0.15, 0.2) is 59.1 Å². The maximum atomic E-state index is 11.2. The molecule has 0 aliphatic heterocycles. The topological polar surface area (TPSA) is 75.4 Å². The van der Waals surface area contributed by atoms with Crippen molar-refractivity contribution in [2.45, 2.75) is 0 Å². The van der Waals surface area contributed by atoms with Crippen LogP contribution in [0.3, 0.4) is 0 Å². The molecule has 21 heavy (non-hydrogen) atoms. The highest BCUT2D eigenvalue weighted by molar-refractivity contribution is 6.06. The molecule has 5 nitrogen and oxygen atoms in total. The highest BCUT2D eigenvalue weighted by Crippen LogP contribution is 2.23. The van der Waals surface area contributed by atoms with Gasteiger partial charge in [-0.15, -0.1) is 0 Å². The summed E-state index contributed by atoms with van der Waals surface area (Å²) in [6.07, 6.45) is 2.10. The number of anilines is 1. The van der Waals surface area contributed by atoms with Crippen molar-refractivity contribution in [1.29, 1.82) is 0 Å².